The van der Waals surface area contributed by atoms with E-state index in [0.717, 1.165) is 27.7 Å². The number of carbonyl (C=O) groups is 8. The van der Waals surface area contributed by atoms with Crippen molar-refractivity contribution in [1.82, 2.24) is 0 Å². The summed E-state index contributed by atoms with van der Waals surface area (Å²) in [5.41, 5.74) is 0. The lowest BCUT2D eigenvalue weighted by Gasteiger charge is -1.69. The summed E-state index contributed by atoms with van der Waals surface area (Å²) in [7, 11) is 7.36. The first-order chi connectivity index (χ1) is 39.6. The molecule has 20 heteroatoms. The van der Waals surface area contributed by atoms with E-state index in [1.165, 1.54) is 27.7 Å². The number of aliphatic carboxylic acids is 4. The molecule has 84 heavy (non-hydrogen) atoms. The molecule has 8 rings (SSSR count). The van der Waals surface area contributed by atoms with E-state index in [9.17, 15) is 19.2 Å². The minimum absolute atomic E-state index is 0.361. The smallest absolute Gasteiger partial charge is 0.300 e. The van der Waals surface area contributed by atoms with Gasteiger partial charge in [-0.1, -0.05) is 291 Å². The highest BCUT2D eigenvalue weighted by atomic mass is 36.0. The van der Waals surface area contributed by atoms with Crippen molar-refractivity contribution in [1.29, 1.82) is 0 Å². The van der Waals surface area contributed by atoms with Gasteiger partial charge in [-0.25, -0.2) is 4.21 Å². The average Bonchev–Trinajstić information content (AvgIpc) is 3.45. The van der Waals surface area contributed by atoms with E-state index in [1.807, 2.05) is 291 Å². The van der Waals surface area contributed by atoms with E-state index in [-0.39, 0.29) is 21.0 Å². The van der Waals surface area contributed by atoms with E-state index in [2.05, 4.69) is 67.8 Å². The largest absolute Gasteiger partial charge is 0.481 e. The summed E-state index contributed by atoms with van der Waals surface area (Å²) < 4.78 is 9.09. The molecular formula is C64H76Cl6O13S. The Kier molecular flexibility index (Phi) is 104. The Morgan fingerprint density at radius 3 is 0.226 bits per heavy atom. The highest BCUT2D eigenvalue weighted by molar-refractivity contribution is 8.26. The van der Waals surface area contributed by atoms with Gasteiger partial charge in [0.1, 0.15) is 0 Å². The van der Waals surface area contributed by atoms with Crippen molar-refractivity contribution in [3.05, 3.63) is 291 Å². The fourth-order valence-electron chi connectivity index (χ4n) is 3.08. The van der Waals surface area contributed by atoms with E-state index in [0.29, 0.717) is 0 Å². The maximum atomic E-state index is 9.21. The quantitative estimate of drug-likeness (QED) is 0.104. The van der Waals surface area contributed by atoms with Gasteiger partial charge in [-0.15, -0.1) is 0 Å². The number of hydrogen-bond acceptors (Lipinski definition) is 9. The Morgan fingerprint density at radius 2 is 0.214 bits per heavy atom. The number of benzene rings is 8. The van der Waals surface area contributed by atoms with Gasteiger partial charge in [0.15, 0.2) is 0 Å². The standard InChI is InChI=1S/8C6H6.4C2H3ClO.4C2H4O2.Cl2OS/c8*1-2-4-6-5-3-1;8*1-2(3)4;1-4(2)3/h8*1-6H;4*1H3;4*1H3,(H,3,4);. The molecule has 0 radical (unpaired) electrons. The first kappa shape index (κ1) is 95.4. The SMILES string of the molecule is CC(=O)Cl.CC(=O)Cl.CC(=O)Cl.CC(=O)Cl.CC(=O)O.CC(=O)O.CC(=O)O.CC(=O)O.O=S(Cl)Cl.c1ccccc1.c1ccccc1.c1ccccc1.c1ccccc1.c1ccccc1.c1ccccc1.c1ccccc1.c1ccccc1. The zero-order valence-corrected chi connectivity index (χ0v) is 53.2. The van der Waals surface area contributed by atoms with Crippen LogP contribution in [0.4, 0.5) is 0 Å². The molecule has 0 heterocycles. The van der Waals surface area contributed by atoms with Gasteiger partial charge < -0.3 is 20.4 Å². The second-order valence-corrected chi connectivity index (χ2v) is 18.0. The summed E-state index contributed by atoms with van der Waals surface area (Å²) >= 11 is 18.5. The van der Waals surface area contributed by atoms with Crippen molar-refractivity contribution in [3.63, 3.8) is 0 Å². The number of carbonyl (C=O) groups excluding carboxylic acids is 4. The number of carboxylic acids is 4. The summed E-state index contributed by atoms with van der Waals surface area (Å²) in [5, 5.41) is 28.2. The van der Waals surface area contributed by atoms with Gasteiger partial charge in [0.25, 0.3) is 23.9 Å². The van der Waals surface area contributed by atoms with Crippen molar-refractivity contribution < 1.29 is 63.0 Å². The third-order valence-corrected chi connectivity index (χ3v) is 5.33. The fraction of sp³-hybridized carbons (Fsp3) is 0.125. The highest BCUT2D eigenvalue weighted by Crippen LogP contribution is 1.89. The first-order valence-electron chi connectivity index (χ1n) is 23.8. The zero-order valence-electron chi connectivity index (χ0n) is 47.9. The van der Waals surface area contributed by atoms with E-state index in [4.69, 9.17) is 43.8 Å². The minimum Gasteiger partial charge on any atom is -0.481 e. The Morgan fingerprint density at radius 1 is 0.202 bits per heavy atom. The van der Waals surface area contributed by atoms with Gasteiger partial charge in [-0.2, -0.15) is 0 Å². The second kappa shape index (κ2) is 91.7. The molecule has 0 aliphatic heterocycles. The van der Waals surface area contributed by atoms with Gasteiger partial charge in [0.2, 0.25) is 30.2 Å². The molecule has 4 N–H and O–H groups in total. The molecule has 0 saturated heterocycles. The average molecular weight is 1300 g/mol. The number of rotatable bonds is 0. The van der Waals surface area contributed by atoms with Gasteiger partial charge in [-0.3, -0.25) is 38.4 Å². The van der Waals surface area contributed by atoms with Crippen LogP contribution in [0.5, 0.6) is 0 Å². The normalized spacial score (nSPS) is 7.42. The Labute approximate surface area is 527 Å². The molecule has 0 aromatic heterocycles. The van der Waals surface area contributed by atoms with Crippen molar-refractivity contribution in [2.24, 2.45) is 0 Å². The highest BCUT2D eigenvalue weighted by Gasteiger charge is 1.71. The van der Waals surface area contributed by atoms with Crippen LogP contribution < -0.4 is 0 Å². The van der Waals surface area contributed by atoms with Crippen LogP contribution in [-0.2, 0) is 47.6 Å². The Bertz CT molecular complexity index is 1740. The molecule has 0 amide bonds. The monoisotopic (exact) mass is 1290 g/mol. The number of hydrogen-bond donors (Lipinski definition) is 4. The first-order valence-corrected chi connectivity index (χ1v) is 28.1. The summed E-state index contributed by atoms with van der Waals surface area (Å²) in [6.07, 6.45) is 0. The molecule has 8 aromatic carbocycles. The second-order valence-electron chi connectivity index (χ2n) is 13.4. The summed E-state index contributed by atoms with van der Waals surface area (Å²) in [6.45, 7) is 9.51. The maximum Gasteiger partial charge on any atom is 0.300 e. The van der Waals surface area contributed by atoms with Gasteiger partial charge in [-0.05, 0) is 46.4 Å². The third-order valence-electron chi connectivity index (χ3n) is 5.33. The van der Waals surface area contributed by atoms with Crippen LogP contribution in [0.25, 0.3) is 0 Å². The lowest BCUT2D eigenvalue weighted by atomic mass is 10.4. The van der Waals surface area contributed by atoms with E-state index in [1.54, 1.807) is 0 Å². The van der Waals surface area contributed by atoms with Gasteiger partial charge in [0, 0.05) is 76.8 Å². The van der Waals surface area contributed by atoms with Crippen LogP contribution in [0.3, 0.4) is 0 Å². The molecule has 0 atom stereocenters. The molecule has 0 spiro atoms. The number of carboxylic acid groups (broad SMARTS) is 4. The summed E-state index contributed by atoms with van der Waals surface area (Å²) in [6, 6.07) is 96.0. The van der Waals surface area contributed by atoms with Crippen molar-refractivity contribution in [3.8, 4) is 0 Å². The molecule has 8 aromatic rings. The van der Waals surface area contributed by atoms with Crippen LogP contribution in [0.15, 0.2) is 291 Å². The molecule has 458 valence electrons. The van der Waals surface area contributed by atoms with Gasteiger partial charge >= 0.3 is 0 Å². The van der Waals surface area contributed by atoms with Crippen molar-refractivity contribution in [2.75, 3.05) is 0 Å². The molecule has 0 fully saturated rings. The molecule has 13 nitrogen and oxygen atoms in total. The Balaban J connectivity index is -0.000000102. The zero-order chi connectivity index (χ0) is 66.1. The molecular weight excluding hydrogens is 1220 g/mol. The molecule has 0 unspecified atom stereocenters. The van der Waals surface area contributed by atoms with E-state index < -0.39 is 33.1 Å². The molecule has 0 aliphatic carbocycles. The lowest BCUT2D eigenvalue weighted by Crippen LogP contribution is -1.78. The topological polar surface area (TPSA) is 235 Å². The summed E-state index contributed by atoms with van der Waals surface area (Å²) in [4.78, 5) is 72.8. The predicted octanol–water partition coefficient (Wildman–Crippen LogP) is 18.0. The van der Waals surface area contributed by atoms with Gasteiger partial charge in [0.05, 0.1) is 0 Å². The van der Waals surface area contributed by atoms with Crippen molar-refractivity contribution >= 4 is 122 Å². The molecule has 0 aliphatic rings. The van der Waals surface area contributed by atoms with Crippen LogP contribution >= 0.6 is 67.8 Å². The van der Waals surface area contributed by atoms with Crippen LogP contribution in [0.2, 0.25) is 0 Å². The predicted molar refractivity (Wildman–Crippen MR) is 351 cm³/mol. The minimum atomic E-state index is -1.67. The van der Waals surface area contributed by atoms with Crippen LogP contribution in [0, 0.1) is 0 Å². The fourth-order valence-corrected chi connectivity index (χ4v) is 3.08. The van der Waals surface area contributed by atoms with Crippen LogP contribution in [0.1, 0.15) is 55.4 Å². The maximum absolute atomic E-state index is 9.21. The lowest BCUT2D eigenvalue weighted by molar-refractivity contribution is -0.135. The summed E-state index contributed by atoms with van der Waals surface area (Å²) in [5.74, 6) is -3.33. The number of halogens is 6. The third kappa shape index (κ3) is 246. The van der Waals surface area contributed by atoms with Crippen molar-refractivity contribution in [2.45, 2.75) is 55.4 Å². The molecule has 0 bridgehead atoms. The van der Waals surface area contributed by atoms with E-state index >= 15 is 0 Å². The Hall–Kier alpha value is -7.79. The van der Waals surface area contributed by atoms with Crippen LogP contribution in [-0.4, -0.2) is 69.5 Å². The molecule has 0 saturated carbocycles.